The molecule has 0 aliphatic carbocycles. The van der Waals surface area contributed by atoms with Gasteiger partial charge in [0.25, 0.3) is 0 Å². The number of esters is 1. The third-order valence-corrected chi connectivity index (χ3v) is 2.48. The summed E-state index contributed by atoms with van der Waals surface area (Å²) in [4.78, 5) is 27.4. The molecule has 1 unspecified atom stereocenters. The van der Waals surface area contributed by atoms with Crippen molar-refractivity contribution >= 4 is 18.0 Å². The quantitative estimate of drug-likeness (QED) is 0.560. The zero-order chi connectivity index (χ0) is 14.6. The third-order valence-electron chi connectivity index (χ3n) is 2.48. The van der Waals surface area contributed by atoms with Crippen LogP contribution < -0.4 is 0 Å². The van der Waals surface area contributed by atoms with Crippen molar-refractivity contribution in [1.82, 2.24) is 0 Å². The van der Waals surface area contributed by atoms with Gasteiger partial charge in [-0.15, -0.1) is 0 Å². The van der Waals surface area contributed by atoms with Crippen molar-refractivity contribution in [2.45, 2.75) is 54.0 Å². The first kappa shape index (κ1) is 16.8. The highest BCUT2D eigenvalue weighted by Crippen LogP contribution is 2.29. The predicted molar refractivity (Wildman–Crippen MR) is 72.8 cm³/mol. The minimum absolute atomic E-state index is 0.0415. The summed E-state index contributed by atoms with van der Waals surface area (Å²) in [7, 11) is 1.34. The molecule has 0 aromatic carbocycles. The monoisotopic (exact) mass is 255 g/mol. The Morgan fingerprint density at radius 2 is 1.72 bits per heavy atom. The third kappa shape index (κ3) is 5.94. The lowest BCUT2D eigenvalue weighted by Crippen LogP contribution is -2.38. The molecule has 0 aromatic heterocycles. The first-order chi connectivity index (χ1) is 7.99. The summed E-state index contributed by atoms with van der Waals surface area (Å²) in [5, 5.41) is 0. The second-order valence-electron chi connectivity index (χ2n) is 6.44. The zero-order valence-electron chi connectivity index (χ0n) is 12.5. The number of carbonyl (C=O) groups excluding carboxylic acids is 2. The van der Waals surface area contributed by atoms with E-state index in [0.29, 0.717) is 6.42 Å². The van der Waals surface area contributed by atoms with Crippen LogP contribution in [-0.2, 0) is 14.3 Å². The van der Waals surface area contributed by atoms with Crippen molar-refractivity contribution < 1.29 is 14.3 Å². The van der Waals surface area contributed by atoms with Gasteiger partial charge in [-0.3, -0.25) is 4.99 Å². The van der Waals surface area contributed by atoms with Crippen LogP contribution in [0, 0.1) is 10.8 Å². The predicted octanol–water partition coefficient (Wildman–Crippen LogP) is 2.65. The molecule has 0 bridgehead atoms. The van der Waals surface area contributed by atoms with Gasteiger partial charge in [-0.25, -0.2) is 4.79 Å². The van der Waals surface area contributed by atoms with E-state index in [1.54, 1.807) is 6.21 Å². The largest absolute Gasteiger partial charge is 0.467 e. The summed E-state index contributed by atoms with van der Waals surface area (Å²) in [5.41, 5.74) is -0.654. The smallest absolute Gasteiger partial charge is 0.331 e. The molecule has 0 heterocycles. The topological polar surface area (TPSA) is 55.7 Å². The molecule has 0 amide bonds. The molecular formula is C14H25NO3. The molecule has 4 heteroatoms. The lowest BCUT2D eigenvalue weighted by Gasteiger charge is -2.29. The molecule has 4 nitrogen and oxygen atoms in total. The lowest BCUT2D eigenvalue weighted by atomic mass is 9.80. The van der Waals surface area contributed by atoms with Crippen LogP contribution in [0.1, 0.15) is 48.0 Å². The molecule has 18 heavy (non-hydrogen) atoms. The SMILES string of the molecule is COC(=O)C(N=CC(C)(C)C)C(C)(C)CC(C)=O. The second kappa shape index (κ2) is 6.12. The Morgan fingerprint density at radius 1 is 1.22 bits per heavy atom. The van der Waals surface area contributed by atoms with E-state index in [2.05, 4.69) is 4.99 Å². The average molecular weight is 255 g/mol. The van der Waals surface area contributed by atoms with Gasteiger partial charge in [0.2, 0.25) is 0 Å². The van der Waals surface area contributed by atoms with Crippen LogP contribution in [0.3, 0.4) is 0 Å². The Balaban J connectivity index is 5.18. The number of ether oxygens (including phenoxy) is 1. The minimum atomic E-state index is -0.648. The molecule has 1 atom stereocenters. The first-order valence-corrected chi connectivity index (χ1v) is 6.11. The van der Waals surface area contributed by atoms with Gasteiger partial charge in [0.1, 0.15) is 5.78 Å². The van der Waals surface area contributed by atoms with Crippen LogP contribution in [0.15, 0.2) is 4.99 Å². The van der Waals surface area contributed by atoms with Crippen molar-refractivity contribution in [2.75, 3.05) is 7.11 Å². The van der Waals surface area contributed by atoms with E-state index in [4.69, 9.17) is 4.74 Å². The molecule has 0 saturated carbocycles. The summed E-state index contributed by atoms with van der Waals surface area (Å²) >= 11 is 0. The number of nitrogens with zero attached hydrogens (tertiary/aromatic N) is 1. The van der Waals surface area contributed by atoms with Gasteiger partial charge in [-0.2, -0.15) is 0 Å². The minimum Gasteiger partial charge on any atom is -0.467 e. The molecule has 0 spiro atoms. The maximum atomic E-state index is 11.8. The molecule has 0 radical (unpaired) electrons. The maximum Gasteiger partial charge on any atom is 0.331 e. The number of hydrogen-bond donors (Lipinski definition) is 0. The van der Waals surface area contributed by atoms with E-state index in [1.807, 2.05) is 34.6 Å². The average Bonchev–Trinajstić information content (AvgIpc) is 2.12. The fourth-order valence-corrected chi connectivity index (χ4v) is 1.73. The molecule has 0 aromatic rings. The number of Topliss-reactive ketones (excluding diaryl/α,β-unsaturated/α-hetero) is 1. The van der Waals surface area contributed by atoms with Crippen molar-refractivity contribution in [3.8, 4) is 0 Å². The highest BCUT2D eigenvalue weighted by molar-refractivity contribution is 5.82. The standard InChI is InChI=1S/C14H25NO3/c1-10(16)8-14(5,6)11(12(17)18-7)15-9-13(2,3)4/h9,11H,8H2,1-7H3. The number of hydrogen-bond acceptors (Lipinski definition) is 4. The summed E-state index contributed by atoms with van der Waals surface area (Å²) in [6, 6.07) is -0.648. The van der Waals surface area contributed by atoms with Gasteiger partial charge >= 0.3 is 5.97 Å². The van der Waals surface area contributed by atoms with Crippen molar-refractivity contribution in [2.24, 2.45) is 15.8 Å². The van der Waals surface area contributed by atoms with E-state index >= 15 is 0 Å². The molecule has 0 aliphatic rings. The zero-order valence-corrected chi connectivity index (χ0v) is 12.5. The summed E-state index contributed by atoms with van der Waals surface area (Å²) < 4.78 is 4.78. The Hall–Kier alpha value is -1.19. The number of carbonyl (C=O) groups is 2. The van der Waals surface area contributed by atoms with Crippen LogP contribution in [0.25, 0.3) is 0 Å². The van der Waals surface area contributed by atoms with Gasteiger partial charge in [0.05, 0.1) is 7.11 Å². The number of rotatable bonds is 5. The second-order valence-corrected chi connectivity index (χ2v) is 6.44. The van der Waals surface area contributed by atoms with Gasteiger partial charge in [-0.1, -0.05) is 34.6 Å². The lowest BCUT2D eigenvalue weighted by molar-refractivity contribution is -0.145. The molecular weight excluding hydrogens is 230 g/mol. The number of aliphatic imine (C=N–C) groups is 1. The molecule has 0 aliphatic heterocycles. The number of methoxy groups -OCH3 is 1. The van der Waals surface area contributed by atoms with Crippen LogP contribution in [0.4, 0.5) is 0 Å². The molecule has 0 rings (SSSR count). The summed E-state index contributed by atoms with van der Waals surface area (Å²) in [6.45, 7) is 11.2. The number of ketones is 1. The molecule has 0 N–H and O–H groups in total. The van der Waals surface area contributed by atoms with Crippen LogP contribution in [-0.4, -0.2) is 31.1 Å². The Kier molecular flexibility index (Phi) is 5.71. The molecule has 0 fully saturated rings. The van der Waals surface area contributed by atoms with Gasteiger partial charge in [0, 0.05) is 18.1 Å². The fourth-order valence-electron chi connectivity index (χ4n) is 1.73. The Bertz CT molecular complexity index is 337. The van der Waals surface area contributed by atoms with Crippen LogP contribution in [0.2, 0.25) is 0 Å². The van der Waals surface area contributed by atoms with Crippen LogP contribution in [0.5, 0.6) is 0 Å². The van der Waals surface area contributed by atoms with Gasteiger partial charge in [-0.05, 0) is 12.3 Å². The van der Waals surface area contributed by atoms with E-state index < -0.39 is 17.4 Å². The molecule has 104 valence electrons. The van der Waals surface area contributed by atoms with E-state index in [0.717, 1.165) is 0 Å². The summed E-state index contributed by atoms with van der Waals surface area (Å²) in [5.74, 6) is -0.360. The highest BCUT2D eigenvalue weighted by Gasteiger charge is 2.36. The van der Waals surface area contributed by atoms with Crippen molar-refractivity contribution in [3.05, 3.63) is 0 Å². The van der Waals surface area contributed by atoms with E-state index in [1.165, 1.54) is 14.0 Å². The van der Waals surface area contributed by atoms with Crippen LogP contribution >= 0.6 is 0 Å². The van der Waals surface area contributed by atoms with Crippen molar-refractivity contribution in [3.63, 3.8) is 0 Å². The maximum absolute atomic E-state index is 11.8. The highest BCUT2D eigenvalue weighted by atomic mass is 16.5. The van der Waals surface area contributed by atoms with Crippen molar-refractivity contribution in [1.29, 1.82) is 0 Å². The van der Waals surface area contributed by atoms with Gasteiger partial charge in [0.15, 0.2) is 6.04 Å². The van der Waals surface area contributed by atoms with E-state index in [9.17, 15) is 9.59 Å². The molecule has 0 saturated heterocycles. The van der Waals surface area contributed by atoms with Gasteiger partial charge < -0.3 is 9.53 Å². The summed E-state index contributed by atoms with van der Waals surface area (Å²) in [6.07, 6.45) is 2.05. The fraction of sp³-hybridized carbons (Fsp3) is 0.786. The van der Waals surface area contributed by atoms with E-state index in [-0.39, 0.29) is 11.2 Å². The Morgan fingerprint density at radius 3 is 2.06 bits per heavy atom. The normalized spacial score (nSPS) is 14.6. The Labute approximate surface area is 110 Å². The first-order valence-electron chi connectivity index (χ1n) is 6.11.